The summed E-state index contributed by atoms with van der Waals surface area (Å²) in [7, 11) is 0. The van der Waals surface area contributed by atoms with Crippen molar-refractivity contribution in [2.75, 3.05) is 17.3 Å². The molecule has 3 rings (SSSR count). The summed E-state index contributed by atoms with van der Waals surface area (Å²) >= 11 is 4.28. The fraction of sp³-hybridized carbons (Fsp3) is 0.952. The number of carboxylic acids is 1. The first-order valence-corrected chi connectivity index (χ1v) is 13.0. The number of unbranched alkanes of at least 4 members (excludes halogenated alkanes) is 1. The molecule has 0 aromatic rings. The van der Waals surface area contributed by atoms with Gasteiger partial charge in [-0.25, -0.2) is 0 Å². The average molecular weight is 401 g/mol. The van der Waals surface area contributed by atoms with Gasteiger partial charge in [0.1, 0.15) is 0 Å². The van der Waals surface area contributed by atoms with Gasteiger partial charge in [0.25, 0.3) is 0 Å². The quantitative estimate of drug-likeness (QED) is 0.360. The van der Waals surface area contributed by atoms with E-state index in [2.05, 4.69) is 11.8 Å². The van der Waals surface area contributed by atoms with Crippen LogP contribution in [0.5, 0.6) is 0 Å². The van der Waals surface area contributed by atoms with Crippen LogP contribution in [-0.2, 0) is 9.53 Å². The normalized spacial score (nSPS) is 32.0. The Balaban J connectivity index is 1.34. The van der Waals surface area contributed by atoms with Gasteiger partial charge in [0, 0.05) is 11.7 Å². The highest BCUT2D eigenvalue weighted by Gasteiger charge is 2.47. The second-order valence-corrected chi connectivity index (χ2v) is 10.9. The predicted molar refractivity (Wildman–Crippen MR) is 112 cm³/mol. The van der Waals surface area contributed by atoms with Gasteiger partial charge in [0.2, 0.25) is 0 Å². The molecule has 1 saturated carbocycles. The predicted octanol–water partition coefficient (Wildman–Crippen LogP) is 5.61. The van der Waals surface area contributed by atoms with E-state index in [0.29, 0.717) is 18.6 Å². The SMILES string of the molecule is O=C(O)CCCCSCC1C2CCC(O2)C1CCSC1CCCCCC1. The smallest absolute Gasteiger partial charge is 0.303 e. The number of aliphatic carboxylic acids is 1. The molecule has 2 saturated heterocycles. The fourth-order valence-electron chi connectivity index (χ4n) is 4.98. The van der Waals surface area contributed by atoms with Crippen molar-refractivity contribution in [2.24, 2.45) is 11.8 Å². The number of thioether (sulfide) groups is 2. The molecule has 0 aromatic carbocycles. The molecule has 2 bridgehead atoms. The van der Waals surface area contributed by atoms with Crippen LogP contribution in [0.3, 0.4) is 0 Å². The van der Waals surface area contributed by atoms with Crippen molar-refractivity contribution in [1.82, 2.24) is 0 Å². The van der Waals surface area contributed by atoms with E-state index in [9.17, 15) is 4.79 Å². The minimum atomic E-state index is -0.664. The van der Waals surface area contributed by atoms with Crippen LogP contribution in [0.25, 0.3) is 0 Å². The second kappa shape index (κ2) is 11.2. The Bertz CT molecular complexity index is 423. The van der Waals surface area contributed by atoms with Crippen molar-refractivity contribution in [2.45, 2.75) is 94.5 Å². The van der Waals surface area contributed by atoms with E-state index >= 15 is 0 Å². The Kier molecular flexibility index (Phi) is 8.99. The molecular weight excluding hydrogens is 364 g/mol. The van der Waals surface area contributed by atoms with Gasteiger partial charge in [-0.3, -0.25) is 4.79 Å². The summed E-state index contributed by atoms with van der Waals surface area (Å²) in [5.41, 5.74) is 0. The first kappa shape index (κ1) is 20.9. The van der Waals surface area contributed by atoms with Gasteiger partial charge in [-0.1, -0.05) is 25.7 Å². The van der Waals surface area contributed by atoms with E-state index in [0.717, 1.165) is 35.7 Å². The summed E-state index contributed by atoms with van der Waals surface area (Å²) in [5, 5.41) is 9.63. The van der Waals surface area contributed by atoms with Crippen molar-refractivity contribution in [3.8, 4) is 0 Å². The van der Waals surface area contributed by atoms with E-state index in [4.69, 9.17) is 9.84 Å². The van der Waals surface area contributed by atoms with Crippen LogP contribution in [0.1, 0.15) is 77.0 Å². The zero-order valence-corrected chi connectivity index (χ0v) is 17.7. The van der Waals surface area contributed by atoms with Gasteiger partial charge in [0.05, 0.1) is 12.2 Å². The Hall–Kier alpha value is 0.130. The molecule has 2 heterocycles. The minimum Gasteiger partial charge on any atom is -0.481 e. The first-order valence-electron chi connectivity index (χ1n) is 10.8. The van der Waals surface area contributed by atoms with Crippen molar-refractivity contribution in [3.05, 3.63) is 0 Å². The minimum absolute atomic E-state index is 0.318. The molecule has 1 N–H and O–H groups in total. The van der Waals surface area contributed by atoms with E-state index in [1.54, 1.807) is 0 Å². The number of fused-ring (bicyclic) bond motifs is 2. The van der Waals surface area contributed by atoms with Gasteiger partial charge in [-0.05, 0) is 74.0 Å². The number of ether oxygens (including phenoxy) is 1. The van der Waals surface area contributed by atoms with Crippen LogP contribution in [0.2, 0.25) is 0 Å². The van der Waals surface area contributed by atoms with Crippen molar-refractivity contribution < 1.29 is 14.6 Å². The number of rotatable bonds is 11. The third kappa shape index (κ3) is 6.34. The highest BCUT2D eigenvalue weighted by atomic mass is 32.2. The molecule has 4 atom stereocenters. The van der Waals surface area contributed by atoms with Gasteiger partial charge >= 0.3 is 5.97 Å². The monoisotopic (exact) mass is 400 g/mol. The molecule has 3 fully saturated rings. The number of hydrogen-bond acceptors (Lipinski definition) is 4. The maximum absolute atomic E-state index is 10.6. The summed E-state index contributed by atoms with van der Waals surface area (Å²) in [6.45, 7) is 0. The van der Waals surface area contributed by atoms with Gasteiger partial charge < -0.3 is 9.84 Å². The Morgan fingerprint density at radius 2 is 1.65 bits per heavy atom. The van der Waals surface area contributed by atoms with Crippen molar-refractivity contribution >= 4 is 29.5 Å². The number of carboxylic acid groups (broad SMARTS) is 1. The lowest BCUT2D eigenvalue weighted by Gasteiger charge is -2.28. The fourth-order valence-corrected chi connectivity index (χ4v) is 7.70. The first-order chi connectivity index (χ1) is 12.7. The summed E-state index contributed by atoms with van der Waals surface area (Å²) in [5.74, 6) is 4.49. The van der Waals surface area contributed by atoms with Gasteiger partial charge in [0.15, 0.2) is 0 Å². The summed E-state index contributed by atoms with van der Waals surface area (Å²) < 4.78 is 6.27. The molecule has 0 radical (unpaired) electrons. The summed E-state index contributed by atoms with van der Waals surface area (Å²) in [6.07, 6.45) is 15.7. The van der Waals surface area contributed by atoms with E-state index < -0.39 is 5.97 Å². The molecule has 4 unspecified atom stereocenters. The number of carbonyl (C=O) groups is 1. The largest absolute Gasteiger partial charge is 0.481 e. The maximum Gasteiger partial charge on any atom is 0.303 e. The van der Waals surface area contributed by atoms with E-state index in [-0.39, 0.29) is 0 Å². The Morgan fingerprint density at radius 1 is 0.923 bits per heavy atom. The molecule has 1 aliphatic carbocycles. The highest BCUT2D eigenvalue weighted by Crippen LogP contribution is 2.47. The zero-order valence-electron chi connectivity index (χ0n) is 16.1. The standard InChI is InChI=1S/C21H36O3S2/c22-21(23)9-5-6-13-25-15-18-17(19-10-11-20(18)24-19)12-14-26-16-7-3-1-2-4-8-16/h16-20H,1-15H2,(H,22,23). The van der Waals surface area contributed by atoms with Crippen LogP contribution >= 0.6 is 23.5 Å². The van der Waals surface area contributed by atoms with Crippen LogP contribution in [0.15, 0.2) is 0 Å². The van der Waals surface area contributed by atoms with Crippen molar-refractivity contribution in [3.63, 3.8) is 0 Å². The lowest BCUT2D eigenvalue weighted by molar-refractivity contribution is -0.137. The second-order valence-electron chi connectivity index (χ2n) is 8.32. The Labute approximate surface area is 167 Å². The molecule has 150 valence electrons. The number of hydrogen-bond donors (Lipinski definition) is 1. The topological polar surface area (TPSA) is 46.5 Å². The average Bonchev–Trinajstić information content (AvgIpc) is 3.12. The molecule has 5 heteroatoms. The van der Waals surface area contributed by atoms with Gasteiger partial charge in [-0.15, -0.1) is 0 Å². The molecule has 0 amide bonds. The lowest BCUT2D eigenvalue weighted by atomic mass is 9.79. The molecule has 2 aliphatic heterocycles. The van der Waals surface area contributed by atoms with Crippen molar-refractivity contribution in [1.29, 1.82) is 0 Å². The summed E-state index contributed by atoms with van der Waals surface area (Å²) in [6, 6.07) is 0. The van der Waals surface area contributed by atoms with Gasteiger partial charge in [-0.2, -0.15) is 23.5 Å². The van der Waals surface area contributed by atoms with Crippen LogP contribution in [0.4, 0.5) is 0 Å². The highest BCUT2D eigenvalue weighted by molar-refractivity contribution is 7.99. The molecular formula is C21H36O3S2. The molecule has 26 heavy (non-hydrogen) atoms. The molecule has 0 spiro atoms. The molecule has 3 nitrogen and oxygen atoms in total. The van der Waals surface area contributed by atoms with E-state index in [1.165, 1.54) is 69.3 Å². The van der Waals surface area contributed by atoms with Crippen LogP contribution in [-0.4, -0.2) is 45.8 Å². The van der Waals surface area contributed by atoms with Crippen LogP contribution < -0.4 is 0 Å². The maximum atomic E-state index is 10.6. The third-order valence-electron chi connectivity index (χ3n) is 6.44. The third-order valence-corrected chi connectivity index (χ3v) is 9.05. The Morgan fingerprint density at radius 3 is 2.38 bits per heavy atom. The van der Waals surface area contributed by atoms with E-state index in [1.807, 2.05) is 11.8 Å². The van der Waals surface area contributed by atoms with Crippen LogP contribution in [0, 0.1) is 11.8 Å². The lowest BCUT2D eigenvalue weighted by Crippen LogP contribution is -2.29. The molecule has 3 aliphatic rings. The zero-order chi connectivity index (χ0) is 18.2. The summed E-state index contributed by atoms with van der Waals surface area (Å²) in [4.78, 5) is 10.6. The molecule has 0 aromatic heterocycles.